The summed E-state index contributed by atoms with van der Waals surface area (Å²) in [4.78, 5) is 24.1. The van der Waals surface area contributed by atoms with Gasteiger partial charge >= 0.3 is 6.61 Å². The van der Waals surface area contributed by atoms with E-state index in [4.69, 9.17) is 5.73 Å². The van der Waals surface area contributed by atoms with Crippen LogP contribution in [0.4, 0.5) is 25.8 Å². The molecule has 0 unspecified atom stereocenters. The van der Waals surface area contributed by atoms with Gasteiger partial charge in [0.2, 0.25) is 5.91 Å². The number of hydrogen-bond acceptors (Lipinski definition) is 4. The van der Waals surface area contributed by atoms with E-state index in [0.717, 1.165) is 0 Å². The fourth-order valence-corrected chi connectivity index (χ4v) is 2.88. The Morgan fingerprint density at radius 2 is 1.60 bits per heavy atom. The Bertz CT molecular complexity index is 1070. The first kappa shape index (κ1) is 20.8. The predicted octanol–water partition coefficient (Wildman–Crippen LogP) is 4.69. The van der Waals surface area contributed by atoms with Crippen LogP contribution < -0.4 is 21.1 Å². The monoisotopic (exact) mass is 411 g/mol. The summed E-state index contributed by atoms with van der Waals surface area (Å²) >= 11 is 0. The third-order valence-electron chi connectivity index (χ3n) is 4.28. The lowest BCUT2D eigenvalue weighted by molar-refractivity contribution is -0.0498. The fraction of sp³-hybridized carbons (Fsp3) is 0.0909. The molecule has 3 rings (SSSR count). The fourth-order valence-electron chi connectivity index (χ4n) is 2.88. The summed E-state index contributed by atoms with van der Waals surface area (Å²) in [6.45, 7) is -1.17. The van der Waals surface area contributed by atoms with Gasteiger partial charge in [-0.1, -0.05) is 12.1 Å². The Labute approximate surface area is 171 Å². The Morgan fingerprint density at radius 1 is 0.933 bits per heavy atom. The maximum absolute atomic E-state index is 12.8. The van der Waals surface area contributed by atoms with Crippen molar-refractivity contribution in [1.29, 1.82) is 0 Å². The van der Waals surface area contributed by atoms with Gasteiger partial charge in [0.1, 0.15) is 5.75 Å². The van der Waals surface area contributed by atoms with Crippen molar-refractivity contribution in [2.75, 3.05) is 10.6 Å². The molecule has 2 amide bonds. The minimum atomic E-state index is -2.89. The largest absolute Gasteiger partial charge is 0.435 e. The number of carbonyl (C=O) groups excluding carboxylic acids is 2. The quantitative estimate of drug-likeness (QED) is 0.526. The van der Waals surface area contributed by atoms with Gasteiger partial charge in [-0.2, -0.15) is 8.78 Å². The summed E-state index contributed by atoms with van der Waals surface area (Å²) in [5.41, 5.74) is 8.36. The predicted molar refractivity (Wildman–Crippen MR) is 110 cm³/mol. The third-order valence-corrected chi connectivity index (χ3v) is 4.28. The molecular formula is C22H19F2N3O3. The van der Waals surface area contributed by atoms with Gasteiger partial charge in [-0.05, 0) is 67.1 Å². The van der Waals surface area contributed by atoms with Crippen molar-refractivity contribution in [1.82, 2.24) is 0 Å². The van der Waals surface area contributed by atoms with Crippen LogP contribution in [0.1, 0.15) is 26.3 Å². The normalized spacial score (nSPS) is 10.5. The number of nitrogens with two attached hydrogens (primary N) is 1. The second-order valence-electron chi connectivity index (χ2n) is 6.42. The summed E-state index contributed by atoms with van der Waals surface area (Å²) in [6, 6.07) is 17.6. The van der Waals surface area contributed by atoms with Crippen LogP contribution in [0.3, 0.4) is 0 Å². The van der Waals surface area contributed by atoms with Crippen LogP contribution in [0.25, 0.3) is 0 Å². The number of rotatable bonds is 7. The van der Waals surface area contributed by atoms with Crippen molar-refractivity contribution < 1.29 is 23.1 Å². The number of primary amides is 1. The van der Waals surface area contributed by atoms with Gasteiger partial charge in [0, 0.05) is 16.9 Å². The number of ether oxygens (including phenoxy) is 1. The van der Waals surface area contributed by atoms with Crippen LogP contribution in [-0.2, 0) is 0 Å². The Balaban J connectivity index is 1.77. The molecule has 0 bridgehead atoms. The molecule has 3 aromatic carbocycles. The molecule has 154 valence electrons. The molecule has 0 spiro atoms. The van der Waals surface area contributed by atoms with Crippen LogP contribution in [0.2, 0.25) is 0 Å². The standard InChI is InChI=1S/C22H19F2N3O3/c1-13-12-15(8-11-17(13)20(25)28)27-21(29)18-4-2-3-5-19(18)26-14-6-9-16(10-7-14)30-22(23)24/h2-12,22,26H,1H3,(H2,25,28)(H,27,29). The average molecular weight is 411 g/mol. The highest BCUT2D eigenvalue weighted by Gasteiger charge is 2.13. The zero-order valence-electron chi connectivity index (χ0n) is 16.0. The first-order chi connectivity index (χ1) is 14.3. The maximum Gasteiger partial charge on any atom is 0.387 e. The highest BCUT2D eigenvalue weighted by molar-refractivity contribution is 6.08. The number of aryl methyl sites for hydroxylation is 1. The molecule has 0 aliphatic carbocycles. The van der Waals surface area contributed by atoms with Gasteiger partial charge in [0.15, 0.2) is 0 Å². The van der Waals surface area contributed by atoms with E-state index in [1.54, 1.807) is 61.5 Å². The first-order valence-corrected chi connectivity index (χ1v) is 8.96. The van der Waals surface area contributed by atoms with E-state index in [9.17, 15) is 18.4 Å². The van der Waals surface area contributed by atoms with Gasteiger partial charge in [-0.15, -0.1) is 0 Å². The van der Waals surface area contributed by atoms with Crippen LogP contribution in [0.15, 0.2) is 66.7 Å². The van der Waals surface area contributed by atoms with Crippen molar-refractivity contribution in [2.45, 2.75) is 13.5 Å². The third kappa shape index (κ3) is 5.11. The van der Waals surface area contributed by atoms with E-state index in [1.165, 1.54) is 12.1 Å². The molecule has 0 aliphatic rings. The smallest absolute Gasteiger partial charge is 0.387 e. The zero-order chi connectivity index (χ0) is 21.7. The molecule has 30 heavy (non-hydrogen) atoms. The lowest BCUT2D eigenvalue weighted by Gasteiger charge is -2.13. The lowest BCUT2D eigenvalue weighted by atomic mass is 10.1. The summed E-state index contributed by atoms with van der Waals surface area (Å²) < 4.78 is 28.9. The van der Waals surface area contributed by atoms with Crippen molar-refractivity contribution in [3.8, 4) is 5.75 Å². The van der Waals surface area contributed by atoms with Crippen molar-refractivity contribution in [3.63, 3.8) is 0 Å². The molecule has 8 heteroatoms. The number of nitrogens with one attached hydrogen (secondary N) is 2. The molecular weight excluding hydrogens is 392 g/mol. The number of anilines is 3. The molecule has 0 aliphatic heterocycles. The van der Waals surface area contributed by atoms with Gasteiger partial charge < -0.3 is 21.1 Å². The van der Waals surface area contributed by atoms with E-state index in [2.05, 4.69) is 15.4 Å². The van der Waals surface area contributed by atoms with Gasteiger partial charge in [-0.3, -0.25) is 9.59 Å². The highest BCUT2D eigenvalue weighted by Crippen LogP contribution is 2.25. The zero-order valence-corrected chi connectivity index (χ0v) is 16.0. The molecule has 0 atom stereocenters. The van der Waals surface area contributed by atoms with E-state index in [1.807, 2.05) is 0 Å². The molecule has 0 saturated carbocycles. The number of amides is 2. The average Bonchev–Trinajstić information content (AvgIpc) is 2.69. The van der Waals surface area contributed by atoms with E-state index >= 15 is 0 Å². The summed E-state index contributed by atoms with van der Waals surface area (Å²) in [6.07, 6.45) is 0. The van der Waals surface area contributed by atoms with Gasteiger partial charge in [-0.25, -0.2) is 0 Å². The van der Waals surface area contributed by atoms with E-state index < -0.39 is 12.5 Å². The number of halogens is 2. The Kier molecular flexibility index (Phi) is 6.26. The van der Waals surface area contributed by atoms with Crippen molar-refractivity contribution >= 4 is 28.9 Å². The maximum atomic E-state index is 12.8. The minimum absolute atomic E-state index is 0.0383. The molecule has 0 saturated heterocycles. The molecule has 4 N–H and O–H groups in total. The van der Waals surface area contributed by atoms with E-state index in [-0.39, 0.29) is 11.7 Å². The number of carbonyl (C=O) groups is 2. The molecule has 3 aromatic rings. The lowest BCUT2D eigenvalue weighted by Crippen LogP contribution is -2.15. The van der Waals surface area contributed by atoms with Crippen LogP contribution in [0.5, 0.6) is 5.75 Å². The first-order valence-electron chi connectivity index (χ1n) is 8.96. The highest BCUT2D eigenvalue weighted by atomic mass is 19.3. The van der Waals surface area contributed by atoms with Crippen LogP contribution >= 0.6 is 0 Å². The Hall–Kier alpha value is -3.94. The second-order valence-corrected chi connectivity index (χ2v) is 6.42. The molecule has 0 fully saturated rings. The second kappa shape index (κ2) is 9.04. The van der Waals surface area contributed by atoms with Gasteiger partial charge in [0.25, 0.3) is 5.91 Å². The topological polar surface area (TPSA) is 93.4 Å². The molecule has 0 heterocycles. The number of hydrogen-bond donors (Lipinski definition) is 3. The Morgan fingerprint density at radius 3 is 2.23 bits per heavy atom. The van der Waals surface area contributed by atoms with Crippen LogP contribution in [0, 0.1) is 6.92 Å². The van der Waals surface area contributed by atoms with E-state index in [0.29, 0.717) is 33.8 Å². The van der Waals surface area contributed by atoms with Gasteiger partial charge in [0.05, 0.1) is 11.3 Å². The molecule has 0 radical (unpaired) electrons. The molecule has 0 aromatic heterocycles. The molecule has 6 nitrogen and oxygen atoms in total. The summed E-state index contributed by atoms with van der Waals surface area (Å²) in [5.74, 6) is -0.858. The SMILES string of the molecule is Cc1cc(NC(=O)c2ccccc2Nc2ccc(OC(F)F)cc2)ccc1C(N)=O. The number of benzene rings is 3. The van der Waals surface area contributed by atoms with Crippen LogP contribution in [-0.4, -0.2) is 18.4 Å². The summed E-state index contributed by atoms with van der Waals surface area (Å²) in [7, 11) is 0. The minimum Gasteiger partial charge on any atom is -0.435 e. The van der Waals surface area contributed by atoms with Crippen molar-refractivity contribution in [2.24, 2.45) is 5.73 Å². The summed E-state index contributed by atoms with van der Waals surface area (Å²) in [5, 5.41) is 5.88. The van der Waals surface area contributed by atoms with Crippen molar-refractivity contribution in [3.05, 3.63) is 83.4 Å². The number of alkyl halides is 2. The number of para-hydroxylation sites is 1.